The fourth-order valence-corrected chi connectivity index (χ4v) is 1.82. The van der Waals surface area contributed by atoms with E-state index in [0.29, 0.717) is 17.3 Å². The van der Waals surface area contributed by atoms with E-state index in [-0.39, 0.29) is 11.4 Å². The first kappa shape index (κ1) is 17.5. The number of rotatable bonds is 5. The molecule has 0 atom stereocenters. The second-order valence-electron chi connectivity index (χ2n) is 6.37. The third kappa shape index (κ3) is 5.10. The molecule has 0 saturated heterocycles. The van der Waals surface area contributed by atoms with Crippen LogP contribution in [0.4, 0.5) is 28.7 Å². The van der Waals surface area contributed by atoms with Gasteiger partial charge in [0.1, 0.15) is 12.0 Å². The summed E-state index contributed by atoms with van der Waals surface area (Å²) in [5.74, 6) is 0.880. The maximum Gasteiger partial charge on any atom is 0.221 e. The van der Waals surface area contributed by atoms with Gasteiger partial charge < -0.3 is 21.8 Å². The quantitative estimate of drug-likeness (QED) is 0.535. The molecule has 128 valence electrons. The lowest BCUT2D eigenvalue weighted by Gasteiger charge is -2.22. The van der Waals surface area contributed by atoms with Crippen molar-refractivity contribution in [3.05, 3.63) is 30.6 Å². The van der Waals surface area contributed by atoms with Gasteiger partial charge in [-0.15, -0.1) is 0 Å². The van der Waals surface area contributed by atoms with Crippen LogP contribution in [-0.4, -0.2) is 21.4 Å². The van der Waals surface area contributed by atoms with Crippen molar-refractivity contribution in [2.45, 2.75) is 33.2 Å². The summed E-state index contributed by atoms with van der Waals surface area (Å²) in [5, 5.41) is 5.85. The normalized spacial score (nSPS) is 11.0. The number of nitrogens with one attached hydrogen (secondary N) is 4. The van der Waals surface area contributed by atoms with Crippen molar-refractivity contribution in [2.24, 2.45) is 0 Å². The summed E-state index contributed by atoms with van der Waals surface area (Å²) in [4.78, 5) is 19.3. The number of hydrogen-bond acceptors (Lipinski definition) is 7. The fraction of sp³-hybridized carbons (Fsp3) is 0.312. The van der Waals surface area contributed by atoms with Crippen molar-refractivity contribution in [3.63, 3.8) is 0 Å². The Hall–Kier alpha value is -2.87. The summed E-state index contributed by atoms with van der Waals surface area (Å²) in [5.41, 5.74) is 14.0. The lowest BCUT2D eigenvalue weighted by molar-refractivity contribution is -0.114. The van der Waals surface area contributed by atoms with Crippen LogP contribution in [0.25, 0.3) is 0 Å². The van der Waals surface area contributed by atoms with Crippen molar-refractivity contribution >= 4 is 34.6 Å². The number of benzene rings is 1. The number of nitrogens with zero attached hydrogens (tertiary/aromatic N) is 2. The summed E-state index contributed by atoms with van der Waals surface area (Å²) in [6.07, 6.45) is 1.43. The van der Waals surface area contributed by atoms with Crippen LogP contribution in [0.15, 0.2) is 30.6 Å². The first-order chi connectivity index (χ1) is 11.2. The molecular formula is C16H23N7O. The highest BCUT2D eigenvalue weighted by Crippen LogP contribution is 2.26. The number of anilines is 5. The van der Waals surface area contributed by atoms with Crippen LogP contribution >= 0.6 is 0 Å². The molecule has 0 fully saturated rings. The number of carbonyl (C=O) groups excluding carboxylic acids is 1. The van der Waals surface area contributed by atoms with E-state index in [9.17, 15) is 4.79 Å². The molecule has 6 N–H and O–H groups in total. The smallest absolute Gasteiger partial charge is 0.221 e. The number of aromatic nitrogens is 2. The third-order valence-corrected chi connectivity index (χ3v) is 2.91. The highest BCUT2D eigenvalue weighted by Gasteiger charge is 2.12. The molecule has 24 heavy (non-hydrogen) atoms. The van der Waals surface area contributed by atoms with Crippen LogP contribution in [0.5, 0.6) is 0 Å². The molecule has 0 unspecified atom stereocenters. The topological polar surface area (TPSA) is 117 Å². The van der Waals surface area contributed by atoms with Gasteiger partial charge in [-0.1, -0.05) is 0 Å². The molecule has 1 aromatic heterocycles. The summed E-state index contributed by atoms with van der Waals surface area (Å²) < 4.78 is 0. The largest absolute Gasteiger partial charge is 0.393 e. The summed E-state index contributed by atoms with van der Waals surface area (Å²) >= 11 is 0. The van der Waals surface area contributed by atoms with Gasteiger partial charge in [-0.25, -0.2) is 15.4 Å². The van der Waals surface area contributed by atoms with Gasteiger partial charge in [0.15, 0.2) is 11.6 Å². The molecular weight excluding hydrogens is 306 g/mol. The second-order valence-corrected chi connectivity index (χ2v) is 6.37. The lowest BCUT2D eigenvalue weighted by atomic mass is 10.1. The van der Waals surface area contributed by atoms with Crippen LogP contribution in [0.2, 0.25) is 0 Å². The number of nitrogen functional groups attached to an aromatic ring is 1. The lowest BCUT2D eigenvalue weighted by Crippen LogP contribution is -2.40. The summed E-state index contributed by atoms with van der Waals surface area (Å²) in [6, 6.07) is 7.24. The minimum Gasteiger partial charge on any atom is -0.393 e. The van der Waals surface area contributed by atoms with Crippen molar-refractivity contribution < 1.29 is 4.79 Å². The van der Waals surface area contributed by atoms with Crippen LogP contribution in [0, 0.1) is 0 Å². The SMILES string of the molecule is CC(=O)Nc1ccc(Nc2ncnc(NNC(C)(C)C)c2N)cc1. The van der Waals surface area contributed by atoms with Crippen molar-refractivity contribution in [1.29, 1.82) is 0 Å². The molecule has 1 aromatic carbocycles. The number of nitrogens with two attached hydrogens (primary N) is 1. The van der Waals surface area contributed by atoms with Crippen molar-refractivity contribution in [3.8, 4) is 0 Å². The van der Waals surface area contributed by atoms with E-state index < -0.39 is 0 Å². The van der Waals surface area contributed by atoms with Gasteiger partial charge in [-0.05, 0) is 45.0 Å². The van der Waals surface area contributed by atoms with Gasteiger partial charge in [0.05, 0.1) is 0 Å². The van der Waals surface area contributed by atoms with E-state index in [4.69, 9.17) is 5.73 Å². The zero-order valence-electron chi connectivity index (χ0n) is 14.3. The van der Waals surface area contributed by atoms with E-state index in [1.165, 1.54) is 13.3 Å². The monoisotopic (exact) mass is 329 g/mol. The van der Waals surface area contributed by atoms with Crippen molar-refractivity contribution in [2.75, 3.05) is 21.8 Å². The molecule has 0 bridgehead atoms. The van der Waals surface area contributed by atoms with Gasteiger partial charge in [-0.3, -0.25) is 4.79 Å². The van der Waals surface area contributed by atoms with Gasteiger partial charge in [0.25, 0.3) is 0 Å². The third-order valence-electron chi connectivity index (χ3n) is 2.91. The summed E-state index contributed by atoms with van der Waals surface area (Å²) in [7, 11) is 0. The first-order valence-corrected chi connectivity index (χ1v) is 7.53. The molecule has 0 aliphatic carbocycles. The Morgan fingerprint density at radius 1 is 1.04 bits per heavy atom. The number of amides is 1. The van der Waals surface area contributed by atoms with Gasteiger partial charge >= 0.3 is 0 Å². The zero-order chi connectivity index (χ0) is 17.7. The molecule has 1 amide bonds. The summed E-state index contributed by atoms with van der Waals surface area (Å²) in [6.45, 7) is 7.53. The molecule has 8 heteroatoms. The highest BCUT2D eigenvalue weighted by molar-refractivity contribution is 5.89. The Balaban J connectivity index is 2.11. The Morgan fingerprint density at radius 2 is 1.62 bits per heavy atom. The van der Waals surface area contributed by atoms with E-state index in [1.807, 2.05) is 32.9 Å². The van der Waals surface area contributed by atoms with Crippen molar-refractivity contribution in [1.82, 2.24) is 15.4 Å². The molecule has 2 rings (SSSR count). The number of carbonyl (C=O) groups is 1. The second kappa shape index (κ2) is 7.14. The van der Waals surface area contributed by atoms with Crippen LogP contribution < -0.4 is 27.2 Å². The molecule has 0 aliphatic rings. The average Bonchev–Trinajstić information content (AvgIpc) is 2.48. The predicted molar refractivity (Wildman–Crippen MR) is 97.0 cm³/mol. The molecule has 8 nitrogen and oxygen atoms in total. The molecule has 0 spiro atoms. The fourth-order valence-electron chi connectivity index (χ4n) is 1.82. The predicted octanol–water partition coefficient (Wildman–Crippen LogP) is 2.48. The zero-order valence-corrected chi connectivity index (χ0v) is 14.3. The molecule has 0 radical (unpaired) electrons. The average molecular weight is 329 g/mol. The first-order valence-electron chi connectivity index (χ1n) is 7.53. The molecule has 0 aliphatic heterocycles. The standard InChI is InChI=1S/C16H23N7O/c1-10(24)20-11-5-7-12(8-6-11)21-14-13(17)15(19-9-18-14)22-23-16(2,3)4/h5-9,23H,17H2,1-4H3,(H,20,24)(H2,18,19,21,22). The Morgan fingerprint density at radius 3 is 2.21 bits per heavy atom. The van der Waals surface area contributed by atoms with E-state index in [1.54, 1.807) is 12.1 Å². The molecule has 0 saturated carbocycles. The van der Waals surface area contributed by atoms with E-state index >= 15 is 0 Å². The van der Waals surface area contributed by atoms with Crippen LogP contribution in [-0.2, 0) is 4.79 Å². The molecule has 2 aromatic rings. The van der Waals surface area contributed by atoms with E-state index in [0.717, 1.165) is 11.4 Å². The highest BCUT2D eigenvalue weighted by atomic mass is 16.1. The van der Waals surface area contributed by atoms with Gasteiger partial charge in [0, 0.05) is 23.8 Å². The van der Waals surface area contributed by atoms with Crippen LogP contribution in [0.3, 0.4) is 0 Å². The van der Waals surface area contributed by atoms with Gasteiger partial charge in [0.2, 0.25) is 5.91 Å². The number of hydrazine groups is 1. The maximum atomic E-state index is 11.0. The maximum absolute atomic E-state index is 11.0. The molecule has 1 heterocycles. The minimum absolute atomic E-state index is 0.113. The van der Waals surface area contributed by atoms with Crippen LogP contribution in [0.1, 0.15) is 27.7 Å². The Bertz CT molecular complexity index is 707. The van der Waals surface area contributed by atoms with E-state index in [2.05, 4.69) is 31.5 Å². The minimum atomic E-state index is -0.134. The Labute approximate surface area is 141 Å². The number of hydrogen-bond donors (Lipinski definition) is 5. The van der Waals surface area contributed by atoms with Gasteiger partial charge in [-0.2, -0.15) is 0 Å². The Kier molecular flexibility index (Phi) is 5.20.